The normalized spacial score (nSPS) is 12.1. The maximum atomic E-state index is 12.1. The lowest BCUT2D eigenvalue weighted by molar-refractivity contribution is -0.129. The summed E-state index contributed by atoms with van der Waals surface area (Å²) in [7, 11) is 3.34. The second-order valence-corrected chi connectivity index (χ2v) is 5.50. The molecule has 0 aromatic heterocycles. The highest BCUT2D eigenvalue weighted by atomic mass is 79.9. The molecule has 0 saturated carbocycles. The molecule has 1 atom stereocenters. The quantitative estimate of drug-likeness (QED) is 0.870. The van der Waals surface area contributed by atoms with Crippen molar-refractivity contribution in [3.8, 4) is 5.75 Å². The molecule has 106 valence electrons. The number of amides is 1. The van der Waals surface area contributed by atoms with Crippen molar-refractivity contribution in [1.29, 1.82) is 0 Å². The number of methoxy groups -OCH3 is 1. The standard InChI is InChI=1S/C14H20BrNO3/c1-10(17)6-7-16(2)14(18)9-11-8-12(15)4-5-13(11)19-3/h4-5,8,10,17H,6-7,9H2,1-3H3. The molecule has 0 spiro atoms. The maximum absolute atomic E-state index is 12.1. The van der Waals surface area contributed by atoms with Gasteiger partial charge in [-0.1, -0.05) is 15.9 Å². The molecule has 1 rings (SSSR count). The minimum absolute atomic E-state index is 0.0112. The minimum atomic E-state index is -0.393. The summed E-state index contributed by atoms with van der Waals surface area (Å²) in [5.41, 5.74) is 0.853. The van der Waals surface area contributed by atoms with Crippen molar-refractivity contribution < 1.29 is 14.6 Å². The first-order valence-electron chi connectivity index (χ1n) is 6.18. The van der Waals surface area contributed by atoms with Gasteiger partial charge in [0.2, 0.25) is 5.91 Å². The van der Waals surface area contributed by atoms with Gasteiger partial charge in [-0.05, 0) is 31.5 Å². The number of likely N-dealkylation sites (N-methyl/N-ethyl adjacent to an activating group) is 1. The first kappa shape index (κ1) is 16.0. The Balaban J connectivity index is 2.68. The fraction of sp³-hybridized carbons (Fsp3) is 0.500. The van der Waals surface area contributed by atoms with Gasteiger partial charge in [0.25, 0.3) is 0 Å². The van der Waals surface area contributed by atoms with Crippen LogP contribution in [0.15, 0.2) is 22.7 Å². The largest absolute Gasteiger partial charge is 0.496 e. The van der Waals surface area contributed by atoms with Crippen LogP contribution in [-0.2, 0) is 11.2 Å². The van der Waals surface area contributed by atoms with Crippen LogP contribution in [-0.4, -0.2) is 42.7 Å². The van der Waals surface area contributed by atoms with E-state index in [1.54, 1.807) is 26.0 Å². The van der Waals surface area contributed by atoms with Gasteiger partial charge in [0.05, 0.1) is 19.6 Å². The summed E-state index contributed by atoms with van der Waals surface area (Å²) >= 11 is 3.39. The molecule has 0 aliphatic heterocycles. The van der Waals surface area contributed by atoms with E-state index in [1.165, 1.54) is 0 Å². The van der Waals surface area contributed by atoms with E-state index in [0.29, 0.717) is 25.1 Å². The molecule has 0 aliphatic carbocycles. The summed E-state index contributed by atoms with van der Waals surface area (Å²) in [4.78, 5) is 13.7. The monoisotopic (exact) mass is 329 g/mol. The van der Waals surface area contributed by atoms with Crippen LogP contribution in [0.25, 0.3) is 0 Å². The summed E-state index contributed by atoms with van der Waals surface area (Å²) < 4.78 is 6.17. The number of hydrogen-bond acceptors (Lipinski definition) is 3. The third-order valence-electron chi connectivity index (χ3n) is 2.89. The lowest BCUT2D eigenvalue weighted by atomic mass is 10.1. The van der Waals surface area contributed by atoms with Crippen LogP contribution >= 0.6 is 15.9 Å². The van der Waals surface area contributed by atoms with E-state index in [1.807, 2.05) is 18.2 Å². The van der Waals surface area contributed by atoms with Gasteiger partial charge in [0.15, 0.2) is 0 Å². The predicted octanol–water partition coefficient (Wildman–Crippen LogP) is 2.23. The second-order valence-electron chi connectivity index (χ2n) is 4.59. The van der Waals surface area contributed by atoms with Crippen molar-refractivity contribution in [3.63, 3.8) is 0 Å². The highest BCUT2D eigenvalue weighted by molar-refractivity contribution is 9.10. The molecule has 0 fully saturated rings. The molecule has 0 heterocycles. The average molecular weight is 330 g/mol. The van der Waals surface area contributed by atoms with Gasteiger partial charge in [0.1, 0.15) is 5.75 Å². The van der Waals surface area contributed by atoms with E-state index in [-0.39, 0.29) is 5.91 Å². The Morgan fingerprint density at radius 2 is 2.21 bits per heavy atom. The number of halogens is 1. The van der Waals surface area contributed by atoms with E-state index >= 15 is 0 Å². The number of ether oxygens (including phenoxy) is 1. The smallest absolute Gasteiger partial charge is 0.226 e. The maximum Gasteiger partial charge on any atom is 0.226 e. The molecule has 5 heteroatoms. The number of hydrogen-bond donors (Lipinski definition) is 1. The zero-order chi connectivity index (χ0) is 14.4. The summed E-state index contributed by atoms with van der Waals surface area (Å²) in [6.45, 7) is 2.27. The summed E-state index contributed by atoms with van der Waals surface area (Å²) in [5, 5.41) is 9.23. The van der Waals surface area contributed by atoms with E-state index in [4.69, 9.17) is 4.74 Å². The highest BCUT2D eigenvalue weighted by Crippen LogP contribution is 2.23. The van der Waals surface area contributed by atoms with Crippen LogP contribution in [0, 0.1) is 0 Å². The van der Waals surface area contributed by atoms with E-state index in [0.717, 1.165) is 10.0 Å². The molecule has 19 heavy (non-hydrogen) atoms. The first-order valence-corrected chi connectivity index (χ1v) is 6.97. The molecule has 0 saturated heterocycles. The van der Waals surface area contributed by atoms with Crippen LogP contribution in [0.2, 0.25) is 0 Å². The van der Waals surface area contributed by atoms with Gasteiger partial charge in [-0.25, -0.2) is 0 Å². The zero-order valence-corrected chi connectivity index (χ0v) is 13.1. The van der Waals surface area contributed by atoms with Crippen molar-refractivity contribution in [2.45, 2.75) is 25.9 Å². The Morgan fingerprint density at radius 1 is 1.53 bits per heavy atom. The molecule has 4 nitrogen and oxygen atoms in total. The van der Waals surface area contributed by atoms with Gasteiger partial charge >= 0.3 is 0 Å². The molecule has 1 amide bonds. The van der Waals surface area contributed by atoms with Gasteiger partial charge in [0, 0.05) is 23.6 Å². The Kier molecular flexibility index (Phi) is 6.31. The first-order chi connectivity index (χ1) is 8.93. The van der Waals surface area contributed by atoms with Gasteiger partial charge in [-0.3, -0.25) is 4.79 Å². The number of aliphatic hydroxyl groups is 1. The molecular formula is C14H20BrNO3. The molecule has 0 bridgehead atoms. The molecule has 0 radical (unpaired) electrons. The summed E-state index contributed by atoms with van der Waals surface area (Å²) in [6, 6.07) is 5.60. The van der Waals surface area contributed by atoms with Crippen molar-refractivity contribution in [2.24, 2.45) is 0 Å². The van der Waals surface area contributed by atoms with Crippen molar-refractivity contribution in [3.05, 3.63) is 28.2 Å². The molecule has 1 unspecified atom stereocenters. The topological polar surface area (TPSA) is 49.8 Å². The Morgan fingerprint density at radius 3 is 2.79 bits per heavy atom. The van der Waals surface area contributed by atoms with Crippen molar-refractivity contribution >= 4 is 21.8 Å². The average Bonchev–Trinajstić information content (AvgIpc) is 2.36. The SMILES string of the molecule is COc1ccc(Br)cc1CC(=O)N(C)CCC(C)O. The van der Waals surface area contributed by atoms with Crippen LogP contribution < -0.4 is 4.74 Å². The number of carbonyl (C=O) groups is 1. The van der Waals surface area contributed by atoms with Crippen LogP contribution in [0.5, 0.6) is 5.75 Å². The molecular weight excluding hydrogens is 310 g/mol. The van der Waals surface area contributed by atoms with Crippen LogP contribution in [0.4, 0.5) is 0 Å². The molecule has 1 aromatic carbocycles. The van der Waals surface area contributed by atoms with E-state index < -0.39 is 6.10 Å². The lowest BCUT2D eigenvalue weighted by Crippen LogP contribution is -2.30. The Bertz CT molecular complexity index is 435. The fourth-order valence-corrected chi connectivity index (χ4v) is 2.10. The molecule has 1 N–H and O–H groups in total. The summed E-state index contributed by atoms with van der Waals surface area (Å²) in [6.07, 6.45) is 0.479. The summed E-state index contributed by atoms with van der Waals surface area (Å²) in [5.74, 6) is 0.720. The number of aliphatic hydroxyl groups excluding tert-OH is 1. The Labute approximate surface area is 122 Å². The lowest BCUT2D eigenvalue weighted by Gasteiger charge is -2.18. The minimum Gasteiger partial charge on any atom is -0.496 e. The number of carbonyl (C=O) groups excluding carboxylic acids is 1. The van der Waals surface area contributed by atoms with Crippen LogP contribution in [0.3, 0.4) is 0 Å². The van der Waals surface area contributed by atoms with Crippen molar-refractivity contribution in [2.75, 3.05) is 20.7 Å². The van der Waals surface area contributed by atoms with Crippen molar-refractivity contribution in [1.82, 2.24) is 4.90 Å². The molecule has 1 aromatic rings. The van der Waals surface area contributed by atoms with Gasteiger partial charge in [-0.15, -0.1) is 0 Å². The van der Waals surface area contributed by atoms with E-state index in [2.05, 4.69) is 15.9 Å². The van der Waals surface area contributed by atoms with Gasteiger partial charge < -0.3 is 14.7 Å². The van der Waals surface area contributed by atoms with Gasteiger partial charge in [-0.2, -0.15) is 0 Å². The number of nitrogens with zero attached hydrogens (tertiary/aromatic N) is 1. The van der Waals surface area contributed by atoms with E-state index in [9.17, 15) is 9.90 Å². The highest BCUT2D eigenvalue weighted by Gasteiger charge is 2.13. The Hall–Kier alpha value is -1.07. The number of benzene rings is 1. The fourth-order valence-electron chi connectivity index (χ4n) is 1.69. The number of rotatable bonds is 6. The van der Waals surface area contributed by atoms with Crippen LogP contribution in [0.1, 0.15) is 18.9 Å². The zero-order valence-electron chi connectivity index (χ0n) is 11.5. The second kappa shape index (κ2) is 7.50. The third kappa shape index (κ3) is 5.20. The molecule has 0 aliphatic rings. The third-order valence-corrected chi connectivity index (χ3v) is 3.39. The predicted molar refractivity (Wildman–Crippen MR) is 78.3 cm³/mol.